The van der Waals surface area contributed by atoms with Gasteiger partial charge < -0.3 is 11.1 Å². The lowest BCUT2D eigenvalue weighted by Crippen LogP contribution is -2.38. The van der Waals surface area contributed by atoms with Crippen molar-refractivity contribution in [2.75, 3.05) is 5.73 Å². The monoisotopic (exact) mass is 340 g/mol. The fourth-order valence-corrected chi connectivity index (χ4v) is 4.17. The average Bonchev–Trinajstić information content (AvgIpc) is 3.03. The van der Waals surface area contributed by atoms with E-state index in [0.717, 1.165) is 41.8 Å². The van der Waals surface area contributed by atoms with Crippen molar-refractivity contribution in [2.45, 2.75) is 63.8 Å². The Labute approximate surface area is 146 Å². The van der Waals surface area contributed by atoms with Crippen LogP contribution in [0, 0.1) is 0 Å². The maximum absolute atomic E-state index is 12.9. The zero-order valence-corrected chi connectivity index (χ0v) is 14.7. The molecule has 7 heteroatoms. The number of carbonyl (C=O) groups is 1. The van der Waals surface area contributed by atoms with E-state index in [0.29, 0.717) is 5.69 Å². The number of amides is 1. The molecule has 0 radical (unpaired) electrons. The highest BCUT2D eigenvalue weighted by Gasteiger charge is 2.38. The molecule has 25 heavy (non-hydrogen) atoms. The van der Waals surface area contributed by atoms with E-state index in [2.05, 4.69) is 39.3 Å². The largest absolute Gasteiger partial charge is 0.368 e. The number of nitrogens with two attached hydrogens (primary N) is 1. The molecule has 0 unspecified atom stereocenters. The lowest BCUT2D eigenvalue weighted by atomic mass is 9.73. The van der Waals surface area contributed by atoms with E-state index in [1.165, 1.54) is 19.3 Å². The van der Waals surface area contributed by atoms with Gasteiger partial charge in [-0.25, -0.2) is 9.97 Å². The number of rotatable bonds is 2. The molecule has 7 nitrogen and oxygen atoms in total. The molecule has 0 aromatic carbocycles. The summed E-state index contributed by atoms with van der Waals surface area (Å²) in [7, 11) is 0. The normalized spacial score (nSPS) is 19.1. The molecule has 1 saturated carbocycles. The number of hydrogen-bond donors (Lipinski definition) is 3. The van der Waals surface area contributed by atoms with Crippen molar-refractivity contribution in [1.82, 2.24) is 25.5 Å². The molecule has 4 rings (SSSR count). The van der Waals surface area contributed by atoms with Crippen molar-refractivity contribution < 1.29 is 4.79 Å². The molecular formula is C18H24N6O. The number of fused-ring (bicyclic) bond motifs is 3. The second kappa shape index (κ2) is 5.82. The lowest BCUT2D eigenvalue weighted by molar-refractivity contribution is 0.0920. The Morgan fingerprint density at radius 1 is 1.32 bits per heavy atom. The highest BCUT2D eigenvalue weighted by molar-refractivity contribution is 5.96. The van der Waals surface area contributed by atoms with Crippen molar-refractivity contribution in [3.63, 3.8) is 0 Å². The second-order valence-electron chi connectivity index (χ2n) is 7.79. The minimum atomic E-state index is -0.228. The number of nitrogen functional groups attached to an aromatic ring is 1. The summed E-state index contributed by atoms with van der Waals surface area (Å²) in [6.07, 6.45) is 8.24. The predicted octanol–water partition coefficient (Wildman–Crippen LogP) is 2.35. The van der Waals surface area contributed by atoms with Crippen LogP contribution in [0.25, 0.3) is 11.4 Å². The SMILES string of the molecule is CC1(C)Cc2cnc(N)nc2-c2[nH]nc(C(=O)NC3CCCCC3)c21. The van der Waals surface area contributed by atoms with Gasteiger partial charge in [-0.2, -0.15) is 5.10 Å². The number of aromatic nitrogens is 4. The Morgan fingerprint density at radius 3 is 2.84 bits per heavy atom. The molecule has 4 N–H and O–H groups in total. The topological polar surface area (TPSA) is 110 Å². The van der Waals surface area contributed by atoms with Gasteiger partial charge in [-0.15, -0.1) is 0 Å². The summed E-state index contributed by atoms with van der Waals surface area (Å²) < 4.78 is 0. The number of aromatic amines is 1. The molecule has 0 atom stereocenters. The minimum Gasteiger partial charge on any atom is -0.368 e. The molecule has 1 fully saturated rings. The van der Waals surface area contributed by atoms with Gasteiger partial charge in [-0.3, -0.25) is 9.89 Å². The number of hydrogen-bond acceptors (Lipinski definition) is 5. The average molecular weight is 340 g/mol. The first-order valence-corrected chi connectivity index (χ1v) is 8.97. The van der Waals surface area contributed by atoms with Crippen molar-refractivity contribution in [2.24, 2.45) is 0 Å². The molecule has 2 aliphatic carbocycles. The number of H-pyrrole nitrogens is 1. The summed E-state index contributed by atoms with van der Waals surface area (Å²) in [6.45, 7) is 4.25. The minimum absolute atomic E-state index is 0.0945. The number of anilines is 1. The van der Waals surface area contributed by atoms with Crippen LogP contribution in [0.4, 0.5) is 5.95 Å². The van der Waals surface area contributed by atoms with Crippen LogP contribution < -0.4 is 11.1 Å². The van der Waals surface area contributed by atoms with Crippen molar-refractivity contribution >= 4 is 11.9 Å². The quantitative estimate of drug-likeness (QED) is 0.777. The zero-order chi connectivity index (χ0) is 17.6. The van der Waals surface area contributed by atoms with Gasteiger partial charge in [-0.05, 0) is 30.2 Å². The van der Waals surface area contributed by atoms with E-state index in [4.69, 9.17) is 5.73 Å². The summed E-state index contributed by atoms with van der Waals surface area (Å²) in [6, 6.07) is 0.255. The van der Waals surface area contributed by atoms with Crippen LogP contribution in [0.2, 0.25) is 0 Å². The van der Waals surface area contributed by atoms with E-state index in [9.17, 15) is 4.79 Å². The molecular weight excluding hydrogens is 316 g/mol. The van der Waals surface area contributed by atoms with Crippen LogP contribution in [0.1, 0.15) is 67.6 Å². The summed E-state index contributed by atoms with van der Waals surface area (Å²) in [5.74, 6) is 0.134. The second-order valence-corrected chi connectivity index (χ2v) is 7.79. The Bertz CT molecular complexity index is 819. The molecule has 2 aromatic rings. The smallest absolute Gasteiger partial charge is 0.272 e. The summed E-state index contributed by atoms with van der Waals surface area (Å²) in [5, 5.41) is 10.5. The van der Waals surface area contributed by atoms with E-state index in [1.807, 2.05) is 0 Å². The third-order valence-corrected chi connectivity index (χ3v) is 5.35. The van der Waals surface area contributed by atoms with E-state index >= 15 is 0 Å². The van der Waals surface area contributed by atoms with Crippen LogP contribution in [0.5, 0.6) is 0 Å². The van der Waals surface area contributed by atoms with Crippen molar-refractivity contribution in [3.05, 3.63) is 23.0 Å². The van der Waals surface area contributed by atoms with Gasteiger partial charge >= 0.3 is 0 Å². The molecule has 0 spiro atoms. The first-order valence-electron chi connectivity index (χ1n) is 8.97. The van der Waals surface area contributed by atoms with Crippen LogP contribution in [0.15, 0.2) is 6.20 Å². The first-order chi connectivity index (χ1) is 12.0. The molecule has 0 saturated heterocycles. The highest BCUT2D eigenvalue weighted by atomic mass is 16.2. The molecule has 0 aliphatic heterocycles. The number of carbonyl (C=O) groups excluding carboxylic acids is 1. The van der Waals surface area contributed by atoms with Crippen molar-refractivity contribution in [3.8, 4) is 11.4 Å². The van der Waals surface area contributed by atoms with Crippen LogP contribution in [0.3, 0.4) is 0 Å². The van der Waals surface area contributed by atoms with E-state index in [-0.39, 0.29) is 23.3 Å². The van der Waals surface area contributed by atoms with Gasteiger partial charge in [-0.1, -0.05) is 33.1 Å². The van der Waals surface area contributed by atoms with Gasteiger partial charge in [0.1, 0.15) is 0 Å². The maximum atomic E-state index is 12.9. The molecule has 0 bridgehead atoms. The Morgan fingerprint density at radius 2 is 2.08 bits per heavy atom. The van der Waals surface area contributed by atoms with E-state index in [1.54, 1.807) is 6.20 Å². The van der Waals surface area contributed by atoms with Crippen LogP contribution >= 0.6 is 0 Å². The maximum Gasteiger partial charge on any atom is 0.272 e. The fourth-order valence-electron chi connectivity index (χ4n) is 4.17. The standard InChI is InChI=1S/C18H24N6O/c1-18(2)8-10-9-20-17(19)22-13(10)14-12(18)15(24-23-14)16(25)21-11-6-4-3-5-7-11/h9,11H,3-8H2,1-2H3,(H,21,25)(H,23,24)(H2,19,20,22). The Balaban J connectivity index is 1.71. The van der Waals surface area contributed by atoms with Crippen molar-refractivity contribution in [1.29, 1.82) is 0 Å². The third-order valence-electron chi connectivity index (χ3n) is 5.35. The summed E-state index contributed by atoms with van der Waals surface area (Å²) >= 11 is 0. The lowest BCUT2D eigenvalue weighted by Gasteiger charge is -2.31. The molecule has 2 aromatic heterocycles. The molecule has 1 amide bonds. The molecule has 2 aliphatic rings. The van der Waals surface area contributed by atoms with E-state index < -0.39 is 0 Å². The highest BCUT2D eigenvalue weighted by Crippen LogP contribution is 2.42. The fraction of sp³-hybridized carbons (Fsp3) is 0.556. The van der Waals surface area contributed by atoms with Gasteiger partial charge in [0.15, 0.2) is 5.69 Å². The van der Waals surface area contributed by atoms with Gasteiger partial charge in [0.2, 0.25) is 5.95 Å². The summed E-state index contributed by atoms with van der Waals surface area (Å²) in [5.41, 5.74) is 9.50. The Kier molecular flexibility index (Phi) is 3.74. The predicted molar refractivity (Wildman–Crippen MR) is 95.1 cm³/mol. The van der Waals surface area contributed by atoms with Gasteiger partial charge in [0, 0.05) is 17.8 Å². The number of nitrogens with one attached hydrogen (secondary N) is 2. The third kappa shape index (κ3) is 2.77. The van der Waals surface area contributed by atoms with Crippen LogP contribution in [-0.4, -0.2) is 32.1 Å². The molecule has 2 heterocycles. The van der Waals surface area contributed by atoms with Crippen LogP contribution in [-0.2, 0) is 11.8 Å². The van der Waals surface area contributed by atoms with Gasteiger partial charge in [0.05, 0.1) is 11.4 Å². The summed E-state index contributed by atoms with van der Waals surface area (Å²) in [4.78, 5) is 21.3. The first kappa shape index (κ1) is 16.1. The number of nitrogens with zero attached hydrogens (tertiary/aromatic N) is 3. The Hall–Kier alpha value is -2.44. The van der Waals surface area contributed by atoms with Gasteiger partial charge in [0.25, 0.3) is 5.91 Å². The molecule has 132 valence electrons. The zero-order valence-electron chi connectivity index (χ0n) is 14.7.